The van der Waals surface area contributed by atoms with Gasteiger partial charge >= 0.3 is 0 Å². The fourth-order valence-corrected chi connectivity index (χ4v) is 3.83. The molecule has 1 N–H and O–H groups in total. The van der Waals surface area contributed by atoms with Crippen LogP contribution in [0.5, 0.6) is 0 Å². The van der Waals surface area contributed by atoms with E-state index in [9.17, 15) is 0 Å². The van der Waals surface area contributed by atoms with E-state index in [2.05, 4.69) is 47.6 Å². The van der Waals surface area contributed by atoms with Gasteiger partial charge in [0.2, 0.25) is 0 Å². The molecule has 104 valence electrons. The molecule has 2 heteroatoms. The fourth-order valence-electron chi connectivity index (χ4n) is 3.83. The second-order valence-electron chi connectivity index (χ2n) is 6.23. The molecule has 0 aromatic heterocycles. The minimum Gasteiger partial charge on any atom is -0.315 e. The number of hydrogen-bond acceptors (Lipinski definition) is 2. The third-order valence-corrected chi connectivity index (χ3v) is 5.15. The topological polar surface area (TPSA) is 15.3 Å². The predicted molar refractivity (Wildman–Crippen MR) is 80.5 cm³/mol. The Morgan fingerprint density at radius 1 is 0.947 bits per heavy atom. The van der Waals surface area contributed by atoms with Crippen LogP contribution >= 0.6 is 0 Å². The summed E-state index contributed by atoms with van der Waals surface area (Å²) in [6, 6.07) is 12.7. The molecule has 0 radical (unpaired) electrons. The van der Waals surface area contributed by atoms with Crippen molar-refractivity contribution in [2.24, 2.45) is 0 Å². The molecule has 0 amide bonds. The van der Waals surface area contributed by atoms with E-state index < -0.39 is 0 Å². The quantitative estimate of drug-likeness (QED) is 0.896. The van der Waals surface area contributed by atoms with Gasteiger partial charge in [0.05, 0.1) is 0 Å². The molecule has 0 spiro atoms. The number of nitrogens with one attached hydrogen (secondary N) is 1. The van der Waals surface area contributed by atoms with Gasteiger partial charge in [-0.15, -0.1) is 0 Å². The minimum atomic E-state index is 0.776. The van der Waals surface area contributed by atoms with Crippen LogP contribution in [0.1, 0.15) is 43.6 Å². The molecule has 1 saturated heterocycles. The molecule has 1 aromatic carbocycles. The first-order chi connectivity index (χ1) is 9.34. The lowest BCUT2D eigenvalue weighted by atomic mass is 9.81. The zero-order valence-corrected chi connectivity index (χ0v) is 12.0. The highest BCUT2D eigenvalue weighted by atomic mass is 15.2. The highest BCUT2D eigenvalue weighted by molar-refractivity contribution is 5.20. The highest BCUT2D eigenvalue weighted by Gasteiger charge is 2.29. The largest absolute Gasteiger partial charge is 0.315 e. The van der Waals surface area contributed by atoms with Gasteiger partial charge in [-0.25, -0.2) is 0 Å². The molecule has 1 atom stereocenters. The monoisotopic (exact) mass is 258 g/mol. The van der Waals surface area contributed by atoms with E-state index in [-0.39, 0.29) is 0 Å². The Labute approximate surface area is 117 Å². The Kier molecular flexibility index (Phi) is 4.19. The number of likely N-dealkylation sites (N-methyl/N-ethyl adjacent to an activating group) is 1. The summed E-state index contributed by atoms with van der Waals surface area (Å²) in [5, 5.41) is 3.49. The normalized spacial score (nSPS) is 31.8. The van der Waals surface area contributed by atoms with Crippen molar-refractivity contribution in [2.45, 2.75) is 50.1 Å². The van der Waals surface area contributed by atoms with Gasteiger partial charge in [-0.1, -0.05) is 30.3 Å². The lowest BCUT2D eigenvalue weighted by Crippen LogP contribution is -2.43. The predicted octanol–water partition coefficient (Wildman–Crippen LogP) is 3.01. The molecule has 1 aliphatic heterocycles. The maximum absolute atomic E-state index is 3.49. The molecule has 1 heterocycles. The molecule has 2 aliphatic rings. The van der Waals surface area contributed by atoms with Gasteiger partial charge in [0, 0.05) is 18.6 Å². The van der Waals surface area contributed by atoms with Gasteiger partial charge in [-0.05, 0) is 57.2 Å². The number of rotatable bonds is 3. The molecule has 2 nitrogen and oxygen atoms in total. The smallest absolute Gasteiger partial charge is 0.0232 e. The maximum Gasteiger partial charge on any atom is 0.0232 e. The molecule has 2 fully saturated rings. The molecule has 1 unspecified atom stereocenters. The van der Waals surface area contributed by atoms with Gasteiger partial charge in [-0.2, -0.15) is 0 Å². The standard InChI is InChI=1S/C17H26N2/c1-19(17-11-12-18-13-17)16-9-7-15(8-10-16)14-5-3-2-4-6-14/h2-6,15-18H,7-13H2,1H3. The van der Waals surface area contributed by atoms with Crippen molar-refractivity contribution in [3.63, 3.8) is 0 Å². The summed E-state index contributed by atoms with van der Waals surface area (Å²) < 4.78 is 0. The average molecular weight is 258 g/mol. The zero-order valence-electron chi connectivity index (χ0n) is 12.0. The van der Waals surface area contributed by atoms with Crippen LogP contribution in [0.25, 0.3) is 0 Å². The van der Waals surface area contributed by atoms with E-state index in [4.69, 9.17) is 0 Å². The van der Waals surface area contributed by atoms with Crippen LogP contribution in [0.3, 0.4) is 0 Å². The van der Waals surface area contributed by atoms with E-state index in [0.717, 1.165) is 18.0 Å². The number of hydrogen-bond donors (Lipinski definition) is 1. The van der Waals surface area contributed by atoms with Crippen molar-refractivity contribution in [2.75, 3.05) is 20.1 Å². The van der Waals surface area contributed by atoms with Crippen molar-refractivity contribution in [1.29, 1.82) is 0 Å². The van der Waals surface area contributed by atoms with Gasteiger partial charge in [0.15, 0.2) is 0 Å². The fraction of sp³-hybridized carbons (Fsp3) is 0.647. The van der Waals surface area contributed by atoms with Crippen molar-refractivity contribution in [3.05, 3.63) is 35.9 Å². The SMILES string of the molecule is CN(C1CCC(c2ccccc2)CC1)C1CCNC1. The summed E-state index contributed by atoms with van der Waals surface area (Å²) in [6.07, 6.45) is 6.78. The summed E-state index contributed by atoms with van der Waals surface area (Å²) in [5.74, 6) is 0.799. The van der Waals surface area contributed by atoms with Crippen LogP contribution in [-0.2, 0) is 0 Å². The first-order valence-corrected chi connectivity index (χ1v) is 7.82. The van der Waals surface area contributed by atoms with Gasteiger partial charge < -0.3 is 5.32 Å². The minimum absolute atomic E-state index is 0.776. The second-order valence-corrected chi connectivity index (χ2v) is 6.23. The lowest BCUT2D eigenvalue weighted by molar-refractivity contribution is 0.139. The van der Waals surface area contributed by atoms with Crippen LogP contribution < -0.4 is 5.32 Å². The van der Waals surface area contributed by atoms with E-state index in [0.29, 0.717) is 0 Å². The zero-order chi connectivity index (χ0) is 13.1. The Bertz CT molecular complexity index is 376. The average Bonchev–Trinajstić information content (AvgIpc) is 3.02. The maximum atomic E-state index is 3.49. The summed E-state index contributed by atoms with van der Waals surface area (Å²) in [6.45, 7) is 2.39. The summed E-state index contributed by atoms with van der Waals surface area (Å²) in [4.78, 5) is 2.65. The van der Waals surface area contributed by atoms with E-state index >= 15 is 0 Å². The van der Waals surface area contributed by atoms with E-state index in [1.807, 2.05) is 0 Å². The molecular formula is C17H26N2. The van der Waals surface area contributed by atoms with Crippen LogP contribution in [0.2, 0.25) is 0 Å². The van der Waals surface area contributed by atoms with Gasteiger partial charge in [-0.3, -0.25) is 4.90 Å². The first-order valence-electron chi connectivity index (χ1n) is 7.82. The molecular weight excluding hydrogens is 232 g/mol. The Hall–Kier alpha value is -0.860. The Morgan fingerprint density at radius 3 is 2.32 bits per heavy atom. The number of nitrogens with zero attached hydrogens (tertiary/aromatic N) is 1. The van der Waals surface area contributed by atoms with Crippen molar-refractivity contribution in [1.82, 2.24) is 10.2 Å². The van der Waals surface area contributed by atoms with Crippen LogP contribution in [-0.4, -0.2) is 37.1 Å². The van der Waals surface area contributed by atoms with E-state index in [1.165, 1.54) is 45.2 Å². The third kappa shape index (κ3) is 3.01. The van der Waals surface area contributed by atoms with Crippen molar-refractivity contribution in [3.8, 4) is 0 Å². The number of benzene rings is 1. The molecule has 3 rings (SSSR count). The highest BCUT2D eigenvalue weighted by Crippen LogP contribution is 2.35. The summed E-state index contributed by atoms with van der Waals surface area (Å²) in [7, 11) is 2.34. The van der Waals surface area contributed by atoms with Crippen LogP contribution in [0, 0.1) is 0 Å². The lowest BCUT2D eigenvalue weighted by Gasteiger charge is -2.37. The molecule has 19 heavy (non-hydrogen) atoms. The summed E-state index contributed by atoms with van der Waals surface area (Å²) >= 11 is 0. The van der Waals surface area contributed by atoms with Crippen molar-refractivity contribution < 1.29 is 0 Å². The molecule has 0 bridgehead atoms. The Balaban J connectivity index is 1.54. The molecule has 1 saturated carbocycles. The third-order valence-electron chi connectivity index (χ3n) is 5.15. The van der Waals surface area contributed by atoms with Crippen LogP contribution in [0.4, 0.5) is 0 Å². The van der Waals surface area contributed by atoms with Crippen molar-refractivity contribution >= 4 is 0 Å². The second kappa shape index (κ2) is 6.06. The first kappa shape index (κ1) is 13.1. The summed E-state index contributed by atoms with van der Waals surface area (Å²) in [5.41, 5.74) is 1.55. The Morgan fingerprint density at radius 2 is 1.68 bits per heavy atom. The van der Waals surface area contributed by atoms with Gasteiger partial charge in [0.25, 0.3) is 0 Å². The molecule has 1 aromatic rings. The van der Waals surface area contributed by atoms with Crippen LogP contribution in [0.15, 0.2) is 30.3 Å². The van der Waals surface area contributed by atoms with Gasteiger partial charge in [0.1, 0.15) is 0 Å². The molecule has 1 aliphatic carbocycles. The van der Waals surface area contributed by atoms with E-state index in [1.54, 1.807) is 5.56 Å².